The third-order valence-electron chi connectivity index (χ3n) is 3.94. The number of fused-ring (bicyclic) bond motifs is 1. The Balaban J connectivity index is 1.64. The van der Waals surface area contributed by atoms with Gasteiger partial charge in [0.15, 0.2) is 0 Å². The lowest BCUT2D eigenvalue weighted by Crippen LogP contribution is -2.17. The summed E-state index contributed by atoms with van der Waals surface area (Å²) in [6.45, 7) is 3.12. The maximum absolute atomic E-state index is 6.02. The molecule has 1 atom stereocenters. The van der Waals surface area contributed by atoms with E-state index in [0.29, 0.717) is 6.04 Å². The van der Waals surface area contributed by atoms with Crippen molar-refractivity contribution in [1.82, 2.24) is 5.32 Å². The Morgan fingerprint density at radius 3 is 2.90 bits per heavy atom. The van der Waals surface area contributed by atoms with Crippen LogP contribution >= 0.6 is 22.9 Å². The maximum atomic E-state index is 6.02. The molecule has 0 amide bonds. The van der Waals surface area contributed by atoms with Gasteiger partial charge in [-0.15, -0.1) is 11.3 Å². The van der Waals surface area contributed by atoms with E-state index in [9.17, 15) is 0 Å². The zero-order valence-corrected chi connectivity index (χ0v) is 13.4. The number of thiophene rings is 1. The zero-order chi connectivity index (χ0) is 13.9. The van der Waals surface area contributed by atoms with Crippen molar-refractivity contribution in [2.45, 2.75) is 45.2 Å². The summed E-state index contributed by atoms with van der Waals surface area (Å²) in [5.41, 5.74) is 2.83. The van der Waals surface area contributed by atoms with Crippen LogP contribution < -0.4 is 5.32 Å². The van der Waals surface area contributed by atoms with Crippen molar-refractivity contribution >= 4 is 22.9 Å². The second kappa shape index (κ2) is 6.30. The summed E-state index contributed by atoms with van der Waals surface area (Å²) in [6.07, 6.45) is 5.26. The Bertz CT molecular complexity index is 567. The molecule has 0 bridgehead atoms. The van der Waals surface area contributed by atoms with Gasteiger partial charge in [-0.2, -0.15) is 0 Å². The number of nitrogens with one attached hydrogen (secondary N) is 1. The maximum Gasteiger partial charge on any atom is 0.0409 e. The van der Waals surface area contributed by atoms with Crippen LogP contribution in [0.4, 0.5) is 0 Å². The normalized spacial score (nSPS) is 15.9. The van der Waals surface area contributed by atoms with Crippen LogP contribution in [0.15, 0.2) is 30.3 Å². The monoisotopic (exact) mass is 305 g/mol. The van der Waals surface area contributed by atoms with Gasteiger partial charge < -0.3 is 5.32 Å². The van der Waals surface area contributed by atoms with Gasteiger partial charge in [-0.25, -0.2) is 0 Å². The average Bonchev–Trinajstić information content (AvgIpc) is 2.89. The summed E-state index contributed by atoms with van der Waals surface area (Å²) in [4.78, 5) is 3.08. The number of benzene rings is 1. The molecule has 3 heteroatoms. The van der Waals surface area contributed by atoms with Gasteiger partial charge in [-0.05, 0) is 61.9 Å². The fraction of sp³-hybridized carbons (Fsp3) is 0.412. The molecule has 1 heterocycles. The standard InChI is InChI=1S/C17H20ClNS/c1-12(19-11-13-5-4-7-15(18)9-13)17-10-14-6-2-3-8-16(14)20-17/h4-5,7,9-10,12,19H,2-3,6,8,11H2,1H3. The Morgan fingerprint density at radius 2 is 2.10 bits per heavy atom. The number of halogens is 1. The van der Waals surface area contributed by atoms with Gasteiger partial charge in [-0.3, -0.25) is 0 Å². The second-order valence-corrected chi connectivity index (χ2v) is 7.14. The third-order valence-corrected chi connectivity index (χ3v) is 5.60. The molecular formula is C17H20ClNS. The fourth-order valence-corrected chi connectivity index (χ4v) is 4.24. The molecule has 0 fully saturated rings. The predicted molar refractivity (Wildman–Crippen MR) is 87.7 cm³/mol. The molecule has 1 nitrogen and oxygen atoms in total. The van der Waals surface area contributed by atoms with E-state index in [2.05, 4.69) is 24.4 Å². The SMILES string of the molecule is CC(NCc1cccc(Cl)c1)c1cc2c(s1)CCCC2. The predicted octanol–water partition coefficient (Wildman–Crippen LogP) is 5.13. The number of rotatable bonds is 4. The van der Waals surface area contributed by atoms with E-state index in [1.165, 1.54) is 36.1 Å². The largest absolute Gasteiger partial charge is 0.305 e. The average molecular weight is 306 g/mol. The van der Waals surface area contributed by atoms with E-state index in [1.54, 1.807) is 10.4 Å². The summed E-state index contributed by atoms with van der Waals surface area (Å²) >= 11 is 8.01. The second-order valence-electron chi connectivity index (χ2n) is 5.54. The molecular weight excluding hydrogens is 286 g/mol. The highest BCUT2D eigenvalue weighted by Crippen LogP contribution is 2.32. The molecule has 20 heavy (non-hydrogen) atoms. The van der Waals surface area contributed by atoms with Gasteiger partial charge in [-0.1, -0.05) is 23.7 Å². The summed E-state index contributed by atoms with van der Waals surface area (Å²) in [5.74, 6) is 0. The molecule has 2 aromatic rings. The molecule has 0 saturated carbocycles. The minimum Gasteiger partial charge on any atom is -0.305 e. The minimum atomic E-state index is 0.407. The van der Waals surface area contributed by atoms with E-state index in [0.717, 1.165) is 11.6 Å². The molecule has 0 saturated heterocycles. The highest BCUT2D eigenvalue weighted by molar-refractivity contribution is 7.12. The number of hydrogen-bond donors (Lipinski definition) is 1. The first-order chi connectivity index (χ1) is 9.72. The Hall–Kier alpha value is -0.830. The number of hydrogen-bond acceptors (Lipinski definition) is 2. The van der Waals surface area contributed by atoms with Gasteiger partial charge in [0.05, 0.1) is 0 Å². The zero-order valence-electron chi connectivity index (χ0n) is 11.8. The van der Waals surface area contributed by atoms with Crippen LogP contribution in [0.2, 0.25) is 5.02 Å². The summed E-state index contributed by atoms with van der Waals surface area (Å²) in [5, 5.41) is 4.41. The first-order valence-corrected chi connectivity index (χ1v) is 8.51. The molecule has 1 N–H and O–H groups in total. The highest BCUT2D eigenvalue weighted by atomic mass is 35.5. The van der Waals surface area contributed by atoms with Crippen molar-refractivity contribution in [3.8, 4) is 0 Å². The molecule has 3 rings (SSSR count). The molecule has 0 aliphatic heterocycles. The molecule has 1 aromatic heterocycles. The Morgan fingerprint density at radius 1 is 1.25 bits per heavy atom. The minimum absolute atomic E-state index is 0.407. The van der Waals surface area contributed by atoms with E-state index in [1.807, 2.05) is 29.5 Å². The molecule has 1 unspecified atom stereocenters. The van der Waals surface area contributed by atoms with E-state index in [-0.39, 0.29) is 0 Å². The van der Waals surface area contributed by atoms with Crippen molar-refractivity contribution < 1.29 is 0 Å². The topological polar surface area (TPSA) is 12.0 Å². The Labute approximate surface area is 130 Å². The van der Waals surface area contributed by atoms with Crippen molar-refractivity contribution in [2.24, 2.45) is 0 Å². The smallest absolute Gasteiger partial charge is 0.0409 e. The lowest BCUT2D eigenvalue weighted by atomic mass is 9.99. The third kappa shape index (κ3) is 3.25. The van der Waals surface area contributed by atoms with Crippen molar-refractivity contribution in [2.75, 3.05) is 0 Å². The molecule has 1 aliphatic rings. The van der Waals surface area contributed by atoms with Crippen molar-refractivity contribution in [3.63, 3.8) is 0 Å². The molecule has 106 valence electrons. The lowest BCUT2D eigenvalue weighted by Gasteiger charge is -2.12. The van der Waals surface area contributed by atoms with Crippen LogP contribution in [0.3, 0.4) is 0 Å². The molecule has 1 aliphatic carbocycles. The molecule has 0 radical (unpaired) electrons. The van der Waals surface area contributed by atoms with Crippen LogP contribution in [-0.4, -0.2) is 0 Å². The van der Waals surface area contributed by atoms with E-state index < -0.39 is 0 Å². The van der Waals surface area contributed by atoms with Gasteiger partial charge >= 0.3 is 0 Å². The molecule has 0 spiro atoms. The van der Waals surface area contributed by atoms with Crippen LogP contribution in [0, 0.1) is 0 Å². The van der Waals surface area contributed by atoms with Crippen molar-refractivity contribution in [3.05, 3.63) is 56.2 Å². The first-order valence-electron chi connectivity index (χ1n) is 7.31. The van der Waals surface area contributed by atoms with Gasteiger partial charge in [0, 0.05) is 27.4 Å². The van der Waals surface area contributed by atoms with Crippen LogP contribution in [-0.2, 0) is 19.4 Å². The van der Waals surface area contributed by atoms with Gasteiger partial charge in [0.25, 0.3) is 0 Å². The van der Waals surface area contributed by atoms with Crippen LogP contribution in [0.1, 0.15) is 46.7 Å². The quantitative estimate of drug-likeness (QED) is 0.825. The number of aryl methyl sites for hydroxylation is 2. The highest BCUT2D eigenvalue weighted by Gasteiger charge is 2.16. The first kappa shape index (κ1) is 14.1. The van der Waals surface area contributed by atoms with Gasteiger partial charge in [0.1, 0.15) is 0 Å². The van der Waals surface area contributed by atoms with Gasteiger partial charge in [0.2, 0.25) is 0 Å². The Kier molecular flexibility index (Phi) is 4.45. The summed E-state index contributed by atoms with van der Waals surface area (Å²) < 4.78 is 0. The van der Waals surface area contributed by atoms with Crippen LogP contribution in [0.25, 0.3) is 0 Å². The van der Waals surface area contributed by atoms with E-state index in [4.69, 9.17) is 11.6 Å². The summed E-state index contributed by atoms with van der Waals surface area (Å²) in [7, 11) is 0. The van der Waals surface area contributed by atoms with Crippen molar-refractivity contribution in [1.29, 1.82) is 0 Å². The summed E-state index contributed by atoms with van der Waals surface area (Å²) in [6, 6.07) is 10.9. The molecule has 1 aromatic carbocycles. The lowest BCUT2D eigenvalue weighted by molar-refractivity contribution is 0.582. The van der Waals surface area contributed by atoms with Crippen LogP contribution in [0.5, 0.6) is 0 Å². The fourth-order valence-electron chi connectivity index (χ4n) is 2.75. The van der Waals surface area contributed by atoms with E-state index >= 15 is 0 Å².